The minimum atomic E-state index is 0.561. The van der Waals surface area contributed by atoms with E-state index in [4.69, 9.17) is 0 Å². The minimum Gasteiger partial charge on any atom is -0.179 e. The predicted octanol–water partition coefficient (Wildman–Crippen LogP) is 5.47. The van der Waals surface area contributed by atoms with Crippen LogP contribution in [0.15, 0.2) is 0 Å². The van der Waals surface area contributed by atoms with Gasteiger partial charge in [0.05, 0.1) is 0 Å². The fourth-order valence-electron chi connectivity index (χ4n) is 2.27. The van der Waals surface area contributed by atoms with Crippen molar-refractivity contribution < 1.29 is 0 Å². The van der Waals surface area contributed by atoms with E-state index in [0.29, 0.717) is 5.41 Å². The van der Waals surface area contributed by atoms with Crippen molar-refractivity contribution in [3.8, 4) is 0 Å². The maximum absolute atomic E-state index is 4.62. The Morgan fingerprint density at radius 1 is 0.733 bits per heavy atom. The van der Waals surface area contributed by atoms with E-state index in [1.807, 2.05) is 0 Å². The van der Waals surface area contributed by atoms with E-state index < -0.39 is 0 Å². The topological polar surface area (TPSA) is 0 Å². The molecule has 0 fully saturated rings. The lowest BCUT2D eigenvalue weighted by Gasteiger charge is -2.32. The molecular weight excluding hydrogens is 200 g/mol. The first-order valence-corrected chi connectivity index (χ1v) is 7.48. The van der Waals surface area contributed by atoms with Gasteiger partial charge >= 0.3 is 0 Å². The third-order valence-corrected chi connectivity index (χ3v) is 4.19. The first-order chi connectivity index (χ1) is 7.24. The van der Waals surface area contributed by atoms with Crippen molar-refractivity contribution >= 4 is 12.6 Å². The van der Waals surface area contributed by atoms with Gasteiger partial charge < -0.3 is 0 Å². The van der Waals surface area contributed by atoms with Gasteiger partial charge in [-0.05, 0) is 30.4 Å². The Labute approximate surface area is 103 Å². The molecule has 0 unspecified atom stereocenters. The highest BCUT2D eigenvalue weighted by atomic mass is 32.1. The Bertz CT molecular complexity index is 110. The first kappa shape index (κ1) is 15.3. The van der Waals surface area contributed by atoms with E-state index in [-0.39, 0.29) is 0 Å². The second kappa shape index (κ2) is 9.57. The Hall–Kier alpha value is 0.350. The zero-order valence-electron chi connectivity index (χ0n) is 11.0. The van der Waals surface area contributed by atoms with E-state index in [1.54, 1.807) is 0 Å². The van der Waals surface area contributed by atoms with Gasteiger partial charge in [0.15, 0.2) is 0 Å². The lowest BCUT2D eigenvalue weighted by atomic mass is 9.76. The molecule has 15 heavy (non-hydrogen) atoms. The van der Waals surface area contributed by atoms with Crippen LogP contribution in [0.1, 0.15) is 78.6 Å². The predicted molar refractivity (Wildman–Crippen MR) is 74.9 cm³/mol. The molecule has 0 atom stereocenters. The maximum Gasteiger partial charge on any atom is -0.00412 e. The number of rotatable bonds is 10. The van der Waals surface area contributed by atoms with Crippen LogP contribution in [-0.2, 0) is 0 Å². The van der Waals surface area contributed by atoms with E-state index >= 15 is 0 Å². The lowest BCUT2D eigenvalue weighted by molar-refractivity contribution is 0.236. The molecule has 0 aliphatic rings. The van der Waals surface area contributed by atoms with E-state index in [2.05, 4.69) is 33.4 Å². The van der Waals surface area contributed by atoms with Gasteiger partial charge in [0, 0.05) is 0 Å². The normalized spacial score (nSPS) is 12.0. The highest BCUT2D eigenvalue weighted by Crippen LogP contribution is 2.37. The average Bonchev–Trinajstić information content (AvgIpc) is 2.29. The Morgan fingerprint density at radius 3 is 1.27 bits per heavy atom. The molecular formula is C14H30S. The van der Waals surface area contributed by atoms with Crippen LogP contribution in [0.4, 0.5) is 0 Å². The highest BCUT2D eigenvalue weighted by Gasteiger charge is 2.26. The molecule has 0 aromatic rings. The standard InChI is InChI=1S/C14H30S/c1-4-7-10-14(13-15,11-8-5-2)12-9-6-3/h15H,4-13H2,1-3H3. The van der Waals surface area contributed by atoms with E-state index in [1.165, 1.54) is 57.8 Å². The molecule has 92 valence electrons. The molecule has 0 aromatic heterocycles. The summed E-state index contributed by atoms with van der Waals surface area (Å²) in [4.78, 5) is 0. The molecule has 0 rings (SSSR count). The number of unbranched alkanes of at least 4 members (excludes halogenated alkanes) is 3. The SMILES string of the molecule is CCCCC(CS)(CCCC)CCCC. The molecule has 0 aromatic carbocycles. The van der Waals surface area contributed by atoms with Gasteiger partial charge in [0.1, 0.15) is 0 Å². The van der Waals surface area contributed by atoms with Crippen LogP contribution in [0, 0.1) is 5.41 Å². The van der Waals surface area contributed by atoms with Crippen LogP contribution in [0.5, 0.6) is 0 Å². The Morgan fingerprint density at radius 2 is 1.07 bits per heavy atom. The molecule has 0 heterocycles. The van der Waals surface area contributed by atoms with Crippen LogP contribution in [0.2, 0.25) is 0 Å². The zero-order valence-corrected chi connectivity index (χ0v) is 11.9. The molecule has 0 saturated carbocycles. The monoisotopic (exact) mass is 230 g/mol. The molecule has 1 heteroatoms. The summed E-state index contributed by atoms with van der Waals surface area (Å²) in [6.07, 6.45) is 12.3. The van der Waals surface area contributed by atoms with Gasteiger partial charge in [-0.1, -0.05) is 59.3 Å². The smallest absolute Gasteiger partial charge is 0.00412 e. The molecule has 0 nitrogen and oxygen atoms in total. The largest absolute Gasteiger partial charge is 0.179 e. The third kappa shape index (κ3) is 6.50. The van der Waals surface area contributed by atoms with Gasteiger partial charge in [0.25, 0.3) is 0 Å². The summed E-state index contributed by atoms with van der Waals surface area (Å²) in [7, 11) is 0. The van der Waals surface area contributed by atoms with Gasteiger partial charge in [-0.2, -0.15) is 12.6 Å². The number of hydrogen-bond donors (Lipinski definition) is 1. The fraction of sp³-hybridized carbons (Fsp3) is 1.00. The van der Waals surface area contributed by atoms with Crippen molar-refractivity contribution in [2.24, 2.45) is 5.41 Å². The fourth-order valence-corrected chi connectivity index (χ4v) is 2.74. The average molecular weight is 230 g/mol. The quantitative estimate of drug-likeness (QED) is 0.472. The van der Waals surface area contributed by atoms with Crippen molar-refractivity contribution in [2.75, 3.05) is 5.75 Å². The number of hydrogen-bond acceptors (Lipinski definition) is 1. The summed E-state index contributed by atoms with van der Waals surface area (Å²) >= 11 is 4.62. The van der Waals surface area contributed by atoms with Gasteiger partial charge in [0.2, 0.25) is 0 Å². The summed E-state index contributed by atoms with van der Waals surface area (Å²) in [5.74, 6) is 1.09. The summed E-state index contributed by atoms with van der Waals surface area (Å²) in [6.45, 7) is 6.88. The van der Waals surface area contributed by atoms with Crippen LogP contribution in [0.25, 0.3) is 0 Å². The van der Waals surface area contributed by atoms with Crippen molar-refractivity contribution in [1.29, 1.82) is 0 Å². The number of thiol groups is 1. The molecule has 0 saturated heterocycles. The summed E-state index contributed by atoms with van der Waals surface area (Å²) in [5.41, 5.74) is 0.561. The highest BCUT2D eigenvalue weighted by molar-refractivity contribution is 7.80. The van der Waals surface area contributed by atoms with E-state index in [9.17, 15) is 0 Å². The Kier molecular flexibility index (Phi) is 9.79. The van der Waals surface area contributed by atoms with Gasteiger partial charge in [-0.3, -0.25) is 0 Å². The summed E-state index contributed by atoms with van der Waals surface area (Å²) < 4.78 is 0. The lowest BCUT2D eigenvalue weighted by Crippen LogP contribution is -2.23. The molecule has 0 radical (unpaired) electrons. The molecule has 0 aliphatic carbocycles. The molecule has 0 aliphatic heterocycles. The molecule has 0 spiro atoms. The van der Waals surface area contributed by atoms with Crippen molar-refractivity contribution in [3.05, 3.63) is 0 Å². The van der Waals surface area contributed by atoms with Gasteiger partial charge in [-0.15, -0.1) is 0 Å². The second-order valence-corrected chi connectivity index (χ2v) is 5.29. The first-order valence-electron chi connectivity index (χ1n) is 6.85. The Balaban J connectivity index is 4.16. The van der Waals surface area contributed by atoms with Crippen LogP contribution < -0.4 is 0 Å². The minimum absolute atomic E-state index is 0.561. The van der Waals surface area contributed by atoms with Crippen molar-refractivity contribution in [2.45, 2.75) is 78.6 Å². The van der Waals surface area contributed by atoms with Crippen LogP contribution in [-0.4, -0.2) is 5.75 Å². The summed E-state index contributed by atoms with van der Waals surface area (Å²) in [6, 6.07) is 0. The molecule has 0 bridgehead atoms. The third-order valence-electron chi connectivity index (χ3n) is 3.52. The van der Waals surface area contributed by atoms with Crippen LogP contribution >= 0.6 is 12.6 Å². The van der Waals surface area contributed by atoms with Crippen LogP contribution in [0.3, 0.4) is 0 Å². The second-order valence-electron chi connectivity index (χ2n) is 4.97. The van der Waals surface area contributed by atoms with Crippen molar-refractivity contribution in [3.63, 3.8) is 0 Å². The van der Waals surface area contributed by atoms with Crippen molar-refractivity contribution in [1.82, 2.24) is 0 Å². The molecule has 0 N–H and O–H groups in total. The van der Waals surface area contributed by atoms with E-state index in [0.717, 1.165) is 5.75 Å². The zero-order chi connectivity index (χ0) is 11.6. The maximum atomic E-state index is 4.62. The molecule has 0 amide bonds. The summed E-state index contributed by atoms with van der Waals surface area (Å²) in [5, 5.41) is 0. The van der Waals surface area contributed by atoms with Gasteiger partial charge in [-0.25, -0.2) is 0 Å².